The van der Waals surface area contributed by atoms with Crippen molar-refractivity contribution >= 4 is 72.6 Å². The van der Waals surface area contributed by atoms with Crippen LogP contribution >= 0.6 is 43.2 Å². The van der Waals surface area contributed by atoms with Crippen LogP contribution in [0.1, 0.15) is 64.2 Å². The fourth-order valence-corrected chi connectivity index (χ4v) is 14.1. The van der Waals surface area contributed by atoms with Gasteiger partial charge in [0.1, 0.15) is 30.5 Å². The van der Waals surface area contributed by atoms with Gasteiger partial charge < -0.3 is 92.6 Å². The summed E-state index contributed by atoms with van der Waals surface area (Å²) in [6.45, 7) is 12.6. The van der Waals surface area contributed by atoms with E-state index in [4.69, 9.17) is 66.4 Å². The number of nitrogens with one attached hydrogen (secondary N) is 4. The molecule has 0 aromatic heterocycles. The Bertz CT molecular complexity index is 2890. The molecule has 4 aliphatic heterocycles. The zero-order valence-corrected chi connectivity index (χ0v) is 54.6. The quantitative estimate of drug-likeness (QED) is 0.0132. The van der Waals surface area contributed by atoms with E-state index >= 15 is 4.79 Å². The number of allylic oxidation sites excluding steroid dienone is 2. The molecule has 89 heavy (non-hydrogen) atoms. The summed E-state index contributed by atoms with van der Waals surface area (Å²) in [5, 5.41) is 56.8. The smallest absolute Gasteiger partial charge is 0.411 e. The van der Waals surface area contributed by atoms with Gasteiger partial charge in [-0.05, 0) is 55.3 Å². The lowest BCUT2D eigenvalue weighted by Crippen LogP contribution is -2.65. The van der Waals surface area contributed by atoms with Crippen LogP contribution in [0, 0.1) is 23.7 Å². The van der Waals surface area contributed by atoms with Crippen molar-refractivity contribution in [3.63, 3.8) is 0 Å². The molecule has 1 aromatic rings. The van der Waals surface area contributed by atoms with Crippen molar-refractivity contribution < 1.29 is 106 Å². The number of ether oxygens (including phenoxy) is 13. The van der Waals surface area contributed by atoms with E-state index in [1.54, 1.807) is 20.1 Å². The van der Waals surface area contributed by atoms with Gasteiger partial charge >= 0.3 is 12.1 Å². The molecule has 0 saturated carbocycles. The number of thioether (sulfide) groups is 1. The molecule has 2 bridgehead atoms. The minimum Gasteiger partial charge on any atom is -0.493 e. The largest absolute Gasteiger partial charge is 0.493 e. The second-order valence-corrected chi connectivity index (χ2v) is 26.8. The molecule has 4 saturated heterocycles. The van der Waals surface area contributed by atoms with E-state index in [1.165, 1.54) is 95.7 Å². The number of hydrogen-bond acceptors (Lipinski definition) is 28. The van der Waals surface area contributed by atoms with Gasteiger partial charge in [0, 0.05) is 61.4 Å². The summed E-state index contributed by atoms with van der Waals surface area (Å²) in [5.41, 5.74) is -0.949. The highest BCUT2D eigenvalue weighted by atomic mass is 33.5. The first kappa shape index (κ1) is 71.8. The summed E-state index contributed by atoms with van der Waals surface area (Å²) in [5.74, 6) is 8.60. The Labute approximate surface area is 533 Å². The van der Waals surface area contributed by atoms with Gasteiger partial charge in [0.25, 0.3) is 5.91 Å². The van der Waals surface area contributed by atoms with Crippen LogP contribution in [0.5, 0.6) is 11.5 Å². The lowest BCUT2D eigenvalue weighted by atomic mass is 9.73. The summed E-state index contributed by atoms with van der Waals surface area (Å²) in [6.07, 6.45) is -11.7. The summed E-state index contributed by atoms with van der Waals surface area (Å²) < 4.78 is 77.9. The second kappa shape index (κ2) is 33.3. The Hall–Kier alpha value is -4.62. The van der Waals surface area contributed by atoms with Crippen LogP contribution in [-0.4, -0.2) is 226 Å². The Morgan fingerprint density at radius 2 is 1.56 bits per heavy atom. The highest BCUT2D eigenvalue weighted by Gasteiger charge is 2.57. The molecule has 26 nitrogen and oxygen atoms in total. The number of carbonyl (C=O) groups is 4. The van der Waals surface area contributed by atoms with Crippen LogP contribution in [0.25, 0.3) is 0 Å². The van der Waals surface area contributed by atoms with Crippen LogP contribution in [-0.2, 0) is 66.5 Å². The number of alkyl carbamates (subject to hydrolysis) is 1. The lowest BCUT2D eigenvalue weighted by Gasteiger charge is -2.47. The van der Waals surface area contributed by atoms with Crippen molar-refractivity contribution in [2.45, 2.75) is 175 Å². The molecular formula is C59H80N4O22S4. The molecule has 2 aliphatic carbocycles. The highest BCUT2D eigenvalue weighted by Crippen LogP contribution is 2.44. The van der Waals surface area contributed by atoms with E-state index in [-0.39, 0.29) is 88.3 Å². The van der Waals surface area contributed by atoms with E-state index < -0.39 is 134 Å². The Morgan fingerprint density at radius 3 is 2.22 bits per heavy atom. The minimum absolute atomic E-state index is 0.0843. The third kappa shape index (κ3) is 17.6. The number of ketones is 1. The summed E-state index contributed by atoms with van der Waals surface area (Å²) >= 11 is 1.47. The fourth-order valence-electron chi connectivity index (χ4n) is 10.8. The average molecular weight is 1330 g/mol. The third-order valence-corrected chi connectivity index (χ3v) is 20.2. The van der Waals surface area contributed by atoms with Crippen LogP contribution in [0.3, 0.4) is 0 Å². The van der Waals surface area contributed by atoms with Gasteiger partial charge in [-0.3, -0.25) is 19.7 Å². The number of anilines is 1. The van der Waals surface area contributed by atoms with Gasteiger partial charge in [-0.2, -0.15) is 17.2 Å². The van der Waals surface area contributed by atoms with Gasteiger partial charge in [0.15, 0.2) is 54.1 Å². The molecule has 1 aromatic carbocycles. The number of hydroxylamine groups is 1. The normalized spacial score (nSPS) is 34.4. The standard InChI is InChI=1S/C59H80N4O22S4/c1-28(2)60-36-27-77-43(25-39(36)73-8)83-52-50(66)47(63-85-45-24-37(64)53(86-12)31(5)79-45)29(3)80-57(52)82-38-18-16-14-15-17-20-59(71)34(19-21-88-89-87-13)46(38)48(62-58(70)76-11)51(67)54(59)84-44-26-42(49(65)30(4)78-44)81-56(69)33-22-40(74-9)41(75-10)23-35(33)61-55(68)32(6)72-7/h14-15,19,22-23,28-31,36-39,42-45,47,49-50,52-54,57,60,63-66,71H,6,21,24-27H2,1-5,7-13H3,(H,61,68)(H,62,70)/b15-14+,34-19-/t29-,30+,31-,36+,37+,38+,39+,42+,43+,44+,45+,47-,49-,50+,52-,53-,54-,57+,59-/m1/s1. The van der Waals surface area contributed by atoms with E-state index in [9.17, 15) is 34.8 Å². The summed E-state index contributed by atoms with van der Waals surface area (Å²) in [7, 11) is 10.8. The van der Waals surface area contributed by atoms with E-state index in [2.05, 4.69) is 51.7 Å². The monoisotopic (exact) mass is 1320 g/mol. The molecule has 2 amide bonds. The maximum Gasteiger partial charge on any atom is 0.411 e. The van der Waals surface area contributed by atoms with Gasteiger partial charge in [0.05, 0.1) is 99.8 Å². The first-order valence-corrected chi connectivity index (χ1v) is 33.8. The highest BCUT2D eigenvalue weighted by molar-refractivity contribution is 9.09. The van der Waals surface area contributed by atoms with Gasteiger partial charge in [-0.15, -0.1) is 0 Å². The second-order valence-electron chi connectivity index (χ2n) is 21.4. The Kier molecular flexibility index (Phi) is 26.9. The van der Waals surface area contributed by atoms with Crippen molar-refractivity contribution in [2.75, 3.05) is 65.7 Å². The summed E-state index contributed by atoms with van der Waals surface area (Å²) in [4.78, 5) is 62.5. The van der Waals surface area contributed by atoms with E-state index in [0.29, 0.717) is 0 Å². The summed E-state index contributed by atoms with van der Waals surface area (Å²) in [6, 6.07) is 1.39. The number of fused-ring (bicyclic) bond motifs is 2. The Balaban J connectivity index is 1.27. The van der Waals surface area contributed by atoms with E-state index in [0.717, 1.165) is 7.11 Å². The maximum atomic E-state index is 15.6. The van der Waals surface area contributed by atoms with Crippen LogP contribution < -0.4 is 30.9 Å². The number of esters is 1. The fraction of sp³-hybridized carbons (Fsp3) is 0.627. The molecule has 0 unspecified atom stereocenters. The van der Waals surface area contributed by atoms with Crippen LogP contribution in [0.4, 0.5) is 10.5 Å². The number of methoxy groups -OCH3 is 5. The number of aliphatic hydroxyl groups excluding tert-OH is 3. The van der Waals surface area contributed by atoms with Crippen molar-refractivity contribution in [2.24, 2.45) is 0 Å². The third-order valence-electron chi connectivity index (χ3n) is 15.2. The molecule has 30 heteroatoms. The zero-order chi connectivity index (χ0) is 64.9. The first-order valence-electron chi connectivity index (χ1n) is 28.4. The minimum atomic E-state index is -2.66. The number of aliphatic hydroxyl groups is 4. The molecule has 6 aliphatic rings. The number of amides is 2. The predicted octanol–water partition coefficient (Wildman–Crippen LogP) is 3.42. The number of hydrogen-bond donors (Lipinski definition) is 8. The van der Waals surface area contributed by atoms with Crippen molar-refractivity contribution in [1.29, 1.82) is 0 Å². The topological polar surface area (TPSA) is 327 Å². The van der Waals surface area contributed by atoms with Crippen LogP contribution in [0.2, 0.25) is 0 Å². The van der Waals surface area contributed by atoms with Crippen LogP contribution in [0.15, 0.2) is 59.5 Å². The van der Waals surface area contributed by atoms with Gasteiger partial charge in [-0.25, -0.2) is 9.59 Å². The molecule has 0 radical (unpaired) electrons. The molecule has 19 atom stereocenters. The maximum absolute atomic E-state index is 15.6. The molecule has 4 heterocycles. The molecule has 4 fully saturated rings. The first-order chi connectivity index (χ1) is 42.5. The number of Topliss-reactive ketones (excluding diaryl/α,β-unsaturated/α-hetero) is 1. The predicted molar refractivity (Wildman–Crippen MR) is 330 cm³/mol. The van der Waals surface area contributed by atoms with Gasteiger partial charge in [0.2, 0.25) is 5.78 Å². The molecule has 0 spiro atoms. The van der Waals surface area contributed by atoms with Crippen molar-refractivity contribution in [1.82, 2.24) is 16.1 Å². The zero-order valence-electron chi connectivity index (χ0n) is 51.4. The molecule has 7 rings (SSSR count). The Morgan fingerprint density at radius 1 is 0.854 bits per heavy atom. The number of carbonyl (C=O) groups excluding carboxylic acids is 4. The van der Waals surface area contributed by atoms with Crippen molar-refractivity contribution in [3.8, 4) is 35.2 Å². The van der Waals surface area contributed by atoms with Gasteiger partial charge in [-0.1, -0.05) is 71.8 Å². The molecule has 8 N–H and O–H groups in total. The lowest BCUT2D eigenvalue weighted by molar-refractivity contribution is -0.336. The van der Waals surface area contributed by atoms with Crippen molar-refractivity contribution in [3.05, 3.63) is 65.1 Å². The molecule has 492 valence electrons. The van der Waals surface area contributed by atoms with E-state index in [1.807, 2.05) is 33.3 Å². The number of benzene rings is 1. The SMILES string of the molecule is C=C(OC)C(=O)Nc1cc(OC)c(OC)cc1C(=O)O[C@H]1C[C@H](O[C@@H]2C(=O)C(NC(=O)OC)=C3/C(=C/CSSSC)[C@]2(O)C#C/C=C/C#C[C@@H]3O[C@@H]2O[C@H](C)[C@@H](NO[C@H]3C[C@H](O)[C@H](SC)[C@@H](C)O3)[C@H](O)[C@H]2O[C@H]2C[C@H](OC)[C@@H](NC(C)C)CO2)O[C@@H](C)[C@H]1O. The average Bonchev–Trinajstić information content (AvgIpc) is 0.971. The molecular weight excluding hydrogens is 1240 g/mol. The number of rotatable bonds is 25.